The van der Waals surface area contributed by atoms with E-state index in [4.69, 9.17) is 0 Å². The van der Waals surface area contributed by atoms with E-state index < -0.39 is 0 Å². The molecular weight excluding hydrogens is 284 g/mol. The maximum Gasteiger partial charge on any atom is 0.0424 e. The fourth-order valence-corrected chi connectivity index (χ4v) is 4.74. The molecule has 0 spiro atoms. The van der Waals surface area contributed by atoms with Crippen LogP contribution in [0.25, 0.3) is 21.6 Å². The highest BCUT2D eigenvalue weighted by atomic mass is 32.1. The van der Waals surface area contributed by atoms with Crippen LogP contribution in [0.2, 0.25) is 0 Å². The van der Waals surface area contributed by atoms with E-state index in [0.29, 0.717) is 5.92 Å². The van der Waals surface area contributed by atoms with Crippen molar-refractivity contribution in [1.29, 1.82) is 0 Å². The first-order valence-corrected chi connectivity index (χ1v) is 8.71. The van der Waals surface area contributed by atoms with Gasteiger partial charge in [-0.2, -0.15) is 0 Å². The Bertz CT molecular complexity index is 771. The van der Waals surface area contributed by atoms with Crippen LogP contribution in [0.3, 0.4) is 0 Å². The highest BCUT2D eigenvalue weighted by Gasteiger charge is 2.34. The zero-order valence-corrected chi connectivity index (χ0v) is 14.1. The van der Waals surface area contributed by atoms with Crippen LogP contribution in [0.5, 0.6) is 0 Å². The van der Waals surface area contributed by atoms with Gasteiger partial charge in [-0.3, -0.25) is 0 Å². The van der Waals surface area contributed by atoms with E-state index in [1.165, 1.54) is 32.7 Å². The van der Waals surface area contributed by atoms with Gasteiger partial charge in [-0.15, -0.1) is 11.3 Å². The molecule has 1 heterocycles. The van der Waals surface area contributed by atoms with E-state index in [2.05, 4.69) is 80.7 Å². The molecule has 0 saturated carbocycles. The van der Waals surface area contributed by atoms with Crippen LogP contribution in [0, 0.1) is 5.41 Å². The largest absolute Gasteiger partial charge is 0.143 e. The second kappa shape index (κ2) is 4.82. The molecule has 0 N–H and O–H groups in total. The summed E-state index contributed by atoms with van der Waals surface area (Å²) in [6.45, 7) is 7.06. The monoisotopic (exact) mass is 304 g/mol. The van der Waals surface area contributed by atoms with Crippen molar-refractivity contribution in [3.63, 3.8) is 0 Å². The number of hydrogen-bond donors (Lipinski definition) is 0. The van der Waals surface area contributed by atoms with Crippen LogP contribution in [-0.4, -0.2) is 0 Å². The first-order valence-electron chi connectivity index (χ1n) is 7.83. The lowest BCUT2D eigenvalue weighted by molar-refractivity contribution is 0.360. The average Bonchev–Trinajstić information content (AvgIpc) is 2.92. The van der Waals surface area contributed by atoms with Gasteiger partial charge >= 0.3 is 0 Å². The molecule has 0 bridgehead atoms. The van der Waals surface area contributed by atoms with E-state index in [1.807, 2.05) is 11.3 Å². The van der Waals surface area contributed by atoms with Crippen LogP contribution < -0.4 is 0 Å². The molecule has 0 nitrogen and oxygen atoms in total. The van der Waals surface area contributed by atoms with Gasteiger partial charge in [-0.1, -0.05) is 69.3 Å². The van der Waals surface area contributed by atoms with Crippen molar-refractivity contribution in [2.75, 3.05) is 0 Å². The zero-order chi connectivity index (χ0) is 15.3. The van der Waals surface area contributed by atoms with E-state index in [-0.39, 0.29) is 5.41 Å². The van der Waals surface area contributed by atoms with E-state index in [0.717, 1.165) is 0 Å². The molecule has 1 aliphatic carbocycles. The summed E-state index contributed by atoms with van der Waals surface area (Å²) in [6, 6.07) is 20.2. The topological polar surface area (TPSA) is 0 Å². The minimum Gasteiger partial charge on any atom is -0.143 e. The number of thiophene rings is 1. The minimum atomic E-state index is 0.181. The Morgan fingerprint density at radius 1 is 0.727 bits per heavy atom. The smallest absolute Gasteiger partial charge is 0.0424 e. The first kappa shape index (κ1) is 13.8. The molecule has 0 radical (unpaired) electrons. The van der Waals surface area contributed by atoms with Gasteiger partial charge in [0.05, 0.1) is 0 Å². The van der Waals surface area contributed by atoms with E-state index in [9.17, 15) is 0 Å². The third kappa shape index (κ3) is 1.96. The maximum absolute atomic E-state index is 2.35. The standard InChI is InChI=1S/C21H20S/c1-21(2,3)19-15-9-5-4-8-14(15)18-12-13-22-20(18)17-11-7-6-10-16(17)19/h4-13,19H,1-3H3. The molecular formula is C21H20S. The van der Waals surface area contributed by atoms with Gasteiger partial charge in [0.25, 0.3) is 0 Å². The summed E-state index contributed by atoms with van der Waals surface area (Å²) in [6.07, 6.45) is 0. The van der Waals surface area contributed by atoms with Gasteiger partial charge in [-0.25, -0.2) is 0 Å². The second-order valence-corrected chi connectivity index (χ2v) is 8.05. The Labute approximate surface area is 136 Å². The van der Waals surface area contributed by atoms with Gasteiger partial charge in [0.1, 0.15) is 0 Å². The van der Waals surface area contributed by atoms with Crippen molar-refractivity contribution >= 4 is 11.3 Å². The lowest BCUT2D eigenvalue weighted by Gasteiger charge is -2.33. The predicted octanol–water partition coefficient (Wildman–Crippen LogP) is 6.57. The van der Waals surface area contributed by atoms with Crippen molar-refractivity contribution in [1.82, 2.24) is 0 Å². The zero-order valence-electron chi connectivity index (χ0n) is 13.3. The number of benzene rings is 2. The van der Waals surface area contributed by atoms with Crippen LogP contribution in [0.4, 0.5) is 0 Å². The van der Waals surface area contributed by atoms with Gasteiger partial charge < -0.3 is 0 Å². The van der Waals surface area contributed by atoms with Crippen molar-refractivity contribution in [3.8, 4) is 21.6 Å². The summed E-state index contributed by atoms with van der Waals surface area (Å²) < 4.78 is 0. The van der Waals surface area contributed by atoms with Crippen LogP contribution in [0.15, 0.2) is 60.0 Å². The lowest BCUT2D eigenvalue weighted by Crippen LogP contribution is -2.20. The SMILES string of the molecule is CC(C)(C)C1c2ccccc2-c2ccsc2-c2ccccc21. The van der Waals surface area contributed by atoms with Crippen molar-refractivity contribution in [3.05, 3.63) is 71.1 Å². The molecule has 1 atom stereocenters. The molecule has 0 saturated heterocycles. The summed E-state index contributed by atoms with van der Waals surface area (Å²) in [7, 11) is 0. The summed E-state index contributed by atoms with van der Waals surface area (Å²) in [4.78, 5) is 1.41. The first-order chi connectivity index (χ1) is 10.6. The van der Waals surface area contributed by atoms with Crippen molar-refractivity contribution in [2.24, 2.45) is 5.41 Å². The van der Waals surface area contributed by atoms with Crippen LogP contribution in [-0.2, 0) is 0 Å². The predicted molar refractivity (Wildman–Crippen MR) is 96.5 cm³/mol. The lowest BCUT2D eigenvalue weighted by atomic mass is 9.71. The molecule has 1 aliphatic rings. The highest BCUT2D eigenvalue weighted by molar-refractivity contribution is 7.14. The third-order valence-electron chi connectivity index (χ3n) is 4.61. The Morgan fingerprint density at radius 3 is 2.00 bits per heavy atom. The minimum absolute atomic E-state index is 0.181. The Morgan fingerprint density at radius 2 is 1.32 bits per heavy atom. The maximum atomic E-state index is 2.35. The molecule has 3 aromatic rings. The second-order valence-electron chi connectivity index (χ2n) is 7.14. The third-order valence-corrected chi connectivity index (χ3v) is 5.56. The molecule has 110 valence electrons. The number of hydrogen-bond acceptors (Lipinski definition) is 1. The van der Waals surface area contributed by atoms with E-state index >= 15 is 0 Å². The van der Waals surface area contributed by atoms with Crippen molar-refractivity contribution in [2.45, 2.75) is 26.7 Å². The van der Waals surface area contributed by atoms with Gasteiger partial charge in [0, 0.05) is 16.4 Å². The molecule has 1 aromatic heterocycles. The average molecular weight is 304 g/mol. The normalized spacial score (nSPS) is 16.4. The molecule has 4 rings (SSSR count). The Kier molecular flexibility index (Phi) is 3.02. The molecule has 2 aromatic carbocycles. The Balaban J connectivity index is 2.15. The molecule has 0 fully saturated rings. The summed E-state index contributed by atoms with van der Waals surface area (Å²) >= 11 is 1.86. The van der Waals surface area contributed by atoms with Gasteiger partial charge in [0.15, 0.2) is 0 Å². The number of fused-ring (bicyclic) bond motifs is 5. The molecule has 1 unspecified atom stereocenters. The number of rotatable bonds is 0. The van der Waals surface area contributed by atoms with Gasteiger partial charge in [0.2, 0.25) is 0 Å². The summed E-state index contributed by atoms with van der Waals surface area (Å²) in [5.74, 6) is 0.416. The van der Waals surface area contributed by atoms with Crippen LogP contribution >= 0.6 is 11.3 Å². The molecule has 0 amide bonds. The summed E-state index contributed by atoms with van der Waals surface area (Å²) in [5, 5.41) is 2.22. The highest BCUT2D eigenvalue weighted by Crippen LogP contribution is 2.52. The van der Waals surface area contributed by atoms with Gasteiger partial charge in [-0.05, 0) is 39.1 Å². The molecule has 1 heteroatoms. The van der Waals surface area contributed by atoms with Crippen molar-refractivity contribution < 1.29 is 0 Å². The molecule has 0 aliphatic heterocycles. The fourth-order valence-electron chi connectivity index (χ4n) is 3.78. The van der Waals surface area contributed by atoms with Crippen LogP contribution in [0.1, 0.15) is 37.8 Å². The quantitative estimate of drug-likeness (QED) is 0.440. The Hall–Kier alpha value is -1.86. The molecule has 22 heavy (non-hydrogen) atoms. The fraction of sp³-hybridized carbons (Fsp3) is 0.238. The summed E-state index contributed by atoms with van der Waals surface area (Å²) in [5.41, 5.74) is 7.29. The van der Waals surface area contributed by atoms with E-state index in [1.54, 1.807) is 0 Å².